The van der Waals surface area contributed by atoms with Crippen LogP contribution in [0, 0.1) is 18.2 Å². The Balaban J connectivity index is 1.37. The van der Waals surface area contributed by atoms with Gasteiger partial charge in [-0.05, 0) is 91.5 Å². The molecular formula is C31H31FN6O2S. The number of benzene rings is 1. The number of nitrogens with two attached hydrogens (primary N) is 1. The van der Waals surface area contributed by atoms with Crippen LogP contribution >= 0.6 is 11.9 Å². The van der Waals surface area contributed by atoms with Gasteiger partial charge < -0.3 is 15.4 Å². The summed E-state index contributed by atoms with van der Waals surface area (Å²) in [4.78, 5) is 31.3. The molecule has 2 N–H and O–H groups in total. The third-order valence-corrected chi connectivity index (χ3v) is 8.78. The molecule has 6 rings (SSSR count). The van der Waals surface area contributed by atoms with Crippen LogP contribution in [0.4, 0.5) is 15.9 Å². The number of allylic oxidation sites excluding steroid dienone is 2. The molecule has 0 radical (unpaired) electrons. The Hall–Kier alpha value is -4.02. The number of pyridine rings is 2. The Morgan fingerprint density at radius 2 is 2.02 bits per heavy atom. The van der Waals surface area contributed by atoms with Crippen LogP contribution in [0.25, 0.3) is 0 Å². The van der Waals surface area contributed by atoms with Gasteiger partial charge >= 0.3 is 0 Å². The molecule has 8 nitrogen and oxygen atoms in total. The first-order chi connectivity index (χ1) is 19.8. The SMILES string of the molecule is Cc1ccnc(C(=O)C23CC(=CN)C(=Nc4ccc(F)cc4)C=C2CCN(Sc2cnc4c(c2)OCCN4C)C3)c1. The van der Waals surface area contributed by atoms with E-state index in [2.05, 4.69) is 19.2 Å². The summed E-state index contributed by atoms with van der Waals surface area (Å²) < 4.78 is 21.6. The van der Waals surface area contributed by atoms with Gasteiger partial charge in [-0.25, -0.2) is 18.7 Å². The van der Waals surface area contributed by atoms with Gasteiger partial charge in [0.25, 0.3) is 0 Å². The monoisotopic (exact) mass is 570 g/mol. The Bertz CT molecular complexity index is 1590. The number of aryl methyl sites for hydroxylation is 1. The maximum atomic E-state index is 14.4. The molecule has 3 aliphatic rings. The molecule has 1 atom stereocenters. The Kier molecular flexibility index (Phi) is 7.35. The maximum Gasteiger partial charge on any atom is 0.193 e. The molecule has 1 saturated heterocycles. The minimum atomic E-state index is -0.864. The van der Waals surface area contributed by atoms with Gasteiger partial charge in [0.2, 0.25) is 0 Å². The Labute approximate surface area is 243 Å². The Morgan fingerprint density at radius 3 is 2.80 bits per heavy atom. The van der Waals surface area contributed by atoms with Crippen LogP contribution in [0.2, 0.25) is 0 Å². The lowest BCUT2D eigenvalue weighted by molar-refractivity contribution is 0.0776. The zero-order chi connectivity index (χ0) is 28.6. The summed E-state index contributed by atoms with van der Waals surface area (Å²) >= 11 is 1.58. The van der Waals surface area contributed by atoms with Gasteiger partial charge in [-0.15, -0.1) is 0 Å². The molecule has 1 fully saturated rings. The fourth-order valence-corrected chi connectivity index (χ4v) is 6.64. The number of carbonyl (C=O) groups is 1. The second-order valence-corrected chi connectivity index (χ2v) is 11.8. The summed E-state index contributed by atoms with van der Waals surface area (Å²) in [6.07, 6.45) is 8.11. The highest BCUT2D eigenvalue weighted by Crippen LogP contribution is 2.48. The smallest absolute Gasteiger partial charge is 0.193 e. The number of ether oxygens (including phenoxy) is 1. The van der Waals surface area contributed by atoms with Crippen molar-refractivity contribution in [2.24, 2.45) is 16.1 Å². The number of fused-ring (bicyclic) bond motifs is 2. The molecule has 210 valence electrons. The average Bonchev–Trinajstić information content (AvgIpc) is 2.98. The predicted octanol–water partition coefficient (Wildman–Crippen LogP) is 5.28. The average molecular weight is 571 g/mol. The summed E-state index contributed by atoms with van der Waals surface area (Å²) in [5, 5.41) is 0. The van der Waals surface area contributed by atoms with Crippen molar-refractivity contribution < 1.29 is 13.9 Å². The molecule has 1 unspecified atom stereocenters. The molecule has 2 aliphatic heterocycles. The summed E-state index contributed by atoms with van der Waals surface area (Å²) in [6, 6.07) is 11.8. The predicted molar refractivity (Wildman–Crippen MR) is 159 cm³/mol. The molecule has 10 heteroatoms. The fourth-order valence-electron chi connectivity index (χ4n) is 5.61. The maximum absolute atomic E-state index is 14.4. The number of hydrogen-bond acceptors (Lipinski definition) is 9. The van der Waals surface area contributed by atoms with Crippen molar-refractivity contribution in [3.05, 3.63) is 95.4 Å². The number of aliphatic imine (C=N–C) groups is 1. The van der Waals surface area contributed by atoms with Crippen molar-refractivity contribution in [3.8, 4) is 5.75 Å². The van der Waals surface area contributed by atoms with E-state index >= 15 is 0 Å². The molecule has 3 aromatic rings. The van der Waals surface area contributed by atoms with E-state index in [4.69, 9.17) is 15.5 Å². The van der Waals surface area contributed by atoms with Crippen LogP contribution in [-0.2, 0) is 0 Å². The van der Waals surface area contributed by atoms with Gasteiger partial charge in [-0.3, -0.25) is 9.78 Å². The van der Waals surface area contributed by atoms with Crippen molar-refractivity contribution >= 4 is 34.9 Å². The molecule has 4 heterocycles. The number of anilines is 1. The molecule has 0 saturated carbocycles. The van der Waals surface area contributed by atoms with E-state index in [9.17, 15) is 9.18 Å². The van der Waals surface area contributed by atoms with Gasteiger partial charge in [0, 0.05) is 43.5 Å². The number of Topliss-reactive ketones (excluding diaryl/α,β-unsaturated/α-hetero) is 1. The second kappa shape index (κ2) is 11.1. The van der Waals surface area contributed by atoms with E-state index in [-0.39, 0.29) is 11.6 Å². The third kappa shape index (κ3) is 5.37. The highest BCUT2D eigenvalue weighted by molar-refractivity contribution is 7.97. The van der Waals surface area contributed by atoms with Crippen molar-refractivity contribution in [2.75, 3.05) is 38.2 Å². The van der Waals surface area contributed by atoms with E-state index in [0.29, 0.717) is 43.1 Å². The summed E-state index contributed by atoms with van der Waals surface area (Å²) in [5.74, 6) is 1.24. The molecule has 1 aliphatic carbocycles. The number of hydrogen-bond donors (Lipinski definition) is 1. The molecule has 2 aromatic heterocycles. The van der Waals surface area contributed by atoms with Gasteiger partial charge in [-0.2, -0.15) is 0 Å². The molecule has 0 bridgehead atoms. The Morgan fingerprint density at radius 1 is 1.20 bits per heavy atom. The van der Waals surface area contributed by atoms with E-state index in [1.807, 2.05) is 44.4 Å². The summed E-state index contributed by atoms with van der Waals surface area (Å²) in [7, 11) is 2.01. The third-order valence-electron chi connectivity index (χ3n) is 7.77. The highest BCUT2D eigenvalue weighted by atomic mass is 32.2. The van der Waals surface area contributed by atoms with Crippen molar-refractivity contribution in [1.29, 1.82) is 0 Å². The first-order valence-electron chi connectivity index (χ1n) is 13.6. The molecule has 0 amide bonds. The van der Waals surface area contributed by atoms with Crippen molar-refractivity contribution in [3.63, 3.8) is 0 Å². The number of ketones is 1. The van der Waals surface area contributed by atoms with Gasteiger partial charge in [0.05, 0.1) is 23.4 Å². The molecule has 0 spiro atoms. The molecule has 41 heavy (non-hydrogen) atoms. The number of likely N-dealkylation sites (N-methyl/N-ethyl adjacent to an activating group) is 1. The van der Waals surface area contributed by atoms with Crippen LogP contribution in [0.3, 0.4) is 0 Å². The van der Waals surface area contributed by atoms with Crippen molar-refractivity contribution in [2.45, 2.75) is 24.7 Å². The van der Waals surface area contributed by atoms with Gasteiger partial charge in [-0.1, -0.05) is 5.57 Å². The summed E-state index contributed by atoms with van der Waals surface area (Å²) in [5.41, 5.74) is 9.77. The number of piperidine rings is 1. The van der Waals surface area contributed by atoms with E-state index in [0.717, 1.165) is 46.3 Å². The lowest BCUT2D eigenvalue weighted by Gasteiger charge is -2.45. The number of rotatable bonds is 5. The van der Waals surface area contributed by atoms with Crippen LogP contribution in [0.5, 0.6) is 5.75 Å². The second-order valence-electron chi connectivity index (χ2n) is 10.6. The highest BCUT2D eigenvalue weighted by Gasteiger charge is 2.49. The van der Waals surface area contributed by atoms with Crippen LogP contribution in [0.15, 0.2) is 88.2 Å². The van der Waals surface area contributed by atoms with E-state index in [1.54, 1.807) is 30.3 Å². The van der Waals surface area contributed by atoms with Crippen LogP contribution < -0.4 is 15.4 Å². The first kappa shape index (κ1) is 27.2. The quantitative estimate of drug-likeness (QED) is 0.327. The van der Waals surface area contributed by atoms with Gasteiger partial charge in [0.1, 0.15) is 18.1 Å². The summed E-state index contributed by atoms with van der Waals surface area (Å²) in [6.45, 7) is 4.58. The van der Waals surface area contributed by atoms with E-state index < -0.39 is 5.41 Å². The number of nitrogens with zero attached hydrogens (tertiary/aromatic N) is 5. The standard InChI is InChI=1S/C31H31FN6O2S/c1-20-7-9-34-27(13-20)29(39)31-16-21(17-33)26(36-24-5-3-23(32)4-6-24)14-22(31)8-10-38(19-31)41-25-15-28-30(35-18-25)37(2)11-12-40-28/h3-7,9,13-15,17-18H,8,10-12,16,19,33H2,1-2H3. The lowest BCUT2D eigenvalue weighted by atomic mass is 9.64. The minimum absolute atomic E-state index is 0.0357. The van der Waals surface area contributed by atoms with Crippen LogP contribution in [-0.4, -0.2) is 59.1 Å². The topological polar surface area (TPSA) is 96.9 Å². The molecular weight excluding hydrogens is 539 g/mol. The van der Waals surface area contributed by atoms with Crippen LogP contribution in [0.1, 0.15) is 28.9 Å². The lowest BCUT2D eigenvalue weighted by Crippen LogP contribution is -2.49. The number of aromatic nitrogens is 2. The number of carbonyl (C=O) groups excluding carboxylic acids is 1. The first-order valence-corrected chi connectivity index (χ1v) is 14.3. The largest absolute Gasteiger partial charge is 0.488 e. The van der Waals surface area contributed by atoms with E-state index in [1.165, 1.54) is 18.3 Å². The minimum Gasteiger partial charge on any atom is -0.488 e. The molecule has 1 aromatic carbocycles. The van der Waals surface area contributed by atoms with Crippen molar-refractivity contribution in [1.82, 2.24) is 14.3 Å². The fraction of sp³-hybridized carbons (Fsp3) is 0.290. The normalized spacial score (nSPS) is 22.6. The zero-order valence-electron chi connectivity index (χ0n) is 23.0. The zero-order valence-corrected chi connectivity index (χ0v) is 23.8. The van der Waals surface area contributed by atoms with Gasteiger partial charge in [0.15, 0.2) is 17.4 Å². The number of halogens is 1.